The summed E-state index contributed by atoms with van der Waals surface area (Å²) in [6.07, 6.45) is 1.33. The van der Waals surface area contributed by atoms with Gasteiger partial charge in [0.05, 0.1) is 6.67 Å². The first-order valence-electron chi connectivity index (χ1n) is 9.48. The van der Waals surface area contributed by atoms with Crippen molar-refractivity contribution in [2.75, 3.05) is 114 Å². The summed E-state index contributed by atoms with van der Waals surface area (Å²) in [6.45, 7) is 13.5. The third-order valence-electron chi connectivity index (χ3n) is 5.02. The van der Waals surface area contributed by atoms with Crippen molar-refractivity contribution in [2.45, 2.75) is 6.42 Å². The molecule has 0 spiro atoms. The zero-order chi connectivity index (χ0) is 17.9. The Hall–Kier alpha value is -0.240. The molecule has 0 aliphatic carbocycles. The van der Waals surface area contributed by atoms with Crippen molar-refractivity contribution in [3.8, 4) is 0 Å². The molecule has 6 heteroatoms. The van der Waals surface area contributed by atoms with Crippen molar-refractivity contribution in [1.82, 2.24) is 29.4 Å². The molecule has 0 atom stereocenters. The van der Waals surface area contributed by atoms with Crippen LogP contribution < -0.4 is 0 Å². The maximum Gasteiger partial charge on any atom is 0.0501 e. The molecule has 0 unspecified atom stereocenters. The molecule has 3 rings (SSSR count). The highest BCUT2D eigenvalue weighted by Gasteiger charge is 2.10. The maximum absolute atomic E-state index is 2.39. The van der Waals surface area contributed by atoms with Crippen molar-refractivity contribution in [2.24, 2.45) is 0 Å². The molecule has 0 aromatic rings. The Balaban J connectivity index is 0.000000181. The molecule has 3 saturated heterocycles. The summed E-state index contributed by atoms with van der Waals surface area (Å²) in [7, 11) is 13.0. The first-order chi connectivity index (χ1) is 11.4. The predicted octanol–water partition coefficient (Wildman–Crippen LogP) is -0.0616. The number of likely N-dealkylation sites (N-methyl/N-ethyl adjacent to an activating group) is 6. The van der Waals surface area contributed by atoms with E-state index in [1.54, 1.807) is 0 Å². The Morgan fingerprint density at radius 3 is 0.833 bits per heavy atom. The summed E-state index contributed by atoms with van der Waals surface area (Å²) in [4.78, 5) is 14.1. The predicted molar refractivity (Wildman–Crippen MR) is 105 cm³/mol. The molecule has 0 bridgehead atoms. The van der Waals surface area contributed by atoms with Gasteiger partial charge in [0.25, 0.3) is 0 Å². The Labute approximate surface area is 150 Å². The van der Waals surface area contributed by atoms with Crippen LogP contribution in [-0.4, -0.2) is 144 Å². The fourth-order valence-electron chi connectivity index (χ4n) is 2.98. The minimum absolute atomic E-state index is 1.14. The molecular formula is C18H42N6. The molecule has 3 aliphatic heterocycles. The van der Waals surface area contributed by atoms with Gasteiger partial charge in [-0.25, -0.2) is 0 Å². The highest BCUT2D eigenvalue weighted by molar-refractivity contribution is 4.65. The second-order valence-corrected chi connectivity index (χ2v) is 7.87. The lowest BCUT2D eigenvalue weighted by Crippen LogP contribution is -2.42. The van der Waals surface area contributed by atoms with Crippen LogP contribution in [0.15, 0.2) is 0 Å². The van der Waals surface area contributed by atoms with Gasteiger partial charge in [-0.1, -0.05) is 0 Å². The van der Waals surface area contributed by atoms with Gasteiger partial charge in [0.15, 0.2) is 0 Å². The first-order valence-corrected chi connectivity index (χ1v) is 9.48. The first kappa shape index (κ1) is 21.8. The number of piperazine rings is 1. The maximum atomic E-state index is 2.39. The summed E-state index contributed by atoms with van der Waals surface area (Å²) >= 11 is 0. The van der Waals surface area contributed by atoms with Gasteiger partial charge in [-0.05, 0) is 61.8 Å². The summed E-state index contributed by atoms with van der Waals surface area (Å²) in [5.74, 6) is 0. The molecule has 6 nitrogen and oxygen atoms in total. The Morgan fingerprint density at radius 2 is 0.583 bits per heavy atom. The van der Waals surface area contributed by atoms with Crippen molar-refractivity contribution >= 4 is 0 Å². The fraction of sp³-hybridized carbons (Fsp3) is 1.00. The molecule has 3 aliphatic rings. The number of rotatable bonds is 0. The van der Waals surface area contributed by atoms with Crippen molar-refractivity contribution < 1.29 is 0 Å². The molecule has 0 aromatic heterocycles. The molecule has 24 heavy (non-hydrogen) atoms. The lowest BCUT2D eigenvalue weighted by molar-refractivity contribution is 0.181. The molecule has 0 aromatic carbocycles. The highest BCUT2D eigenvalue weighted by Crippen LogP contribution is 1.97. The van der Waals surface area contributed by atoms with E-state index in [9.17, 15) is 0 Å². The van der Waals surface area contributed by atoms with Gasteiger partial charge in [-0.2, -0.15) is 0 Å². The molecule has 0 N–H and O–H groups in total. The molecule has 144 valence electrons. The standard InChI is InChI=1S/C7H16N2.C6H14N2.C5H12N2/c1-8-4-3-5-9(2)7-6-8;1-7-3-5-8(2)6-4-7;1-6-3-4-7(2)5-6/h3-7H2,1-2H3;3-6H2,1-2H3;3-5H2,1-2H3. The minimum atomic E-state index is 1.14. The Bertz CT molecular complexity index is 278. The minimum Gasteiger partial charge on any atom is -0.305 e. The monoisotopic (exact) mass is 342 g/mol. The van der Waals surface area contributed by atoms with E-state index in [0.29, 0.717) is 0 Å². The molecule has 0 radical (unpaired) electrons. The zero-order valence-electron chi connectivity index (χ0n) is 17.2. The van der Waals surface area contributed by atoms with Crippen LogP contribution in [0.5, 0.6) is 0 Å². The van der Waals surface area contributed by atoms with E-state index in [2.05, 4.69) is 71.7 Å². The second-order valence-electron chi connectivity index (χ2n) is 7.87. The van der Waals surface area contributed by atoms with Crippen LogP contribution in [0, 0.1) is 0 Å². The normalized spacial score (nSPS) is 26.2. The van der Waals surface area contributed by atoms with E-state index < -0.39 is 0 Å². The van der Waals surface area contributed by atoms with Gasteiger partial charge in [0.1, 0.15) is 0 Å². The quantitative estimate of drug-likeness (QED) is 0.610. The van der Waals surface area contributed by atoms with Crippen LogP contribution in [0.3, 0.4) is 0 Å². The second kappa shape index (κ2) is 12.2. The lowest BCUT2D eigenvalue weighted by atomic mass is 10.4. The van der Waals surface area contributed by atoms with Crippen LogP contribution in [0.1, 0.15) is 6.42 Å². The average molecular weight is 343 g/mol. The highest BCUT2D eigenvalue weighted by atomic mass is 15.3. The van der Waals surface area contributed by atoms with Gasteiger partial charge in [-0.3, -0.25) is 9.80 Å². The van der Waals surface area contributed by atoms with E-state index in [-0.39, 0.29) is 0 Å². The average Bonchev–Trinajstić information content (AvgIpc) is 2.81. The Morgan fingerprint density at radius 1 is 0.333 bits per heavy atom. The van der Waals surface area contributed by atoms with Crippen molar-refractivity contribution in [3.05, 3.63) is 0 Å². The van der Waals surface area contributed by atoms with E-state index in [1.807, 2.05) is 0 Å². The molecular weight excluding hydrogens is 300 g/mol. The Kier molecular flexibility index (Phi) is 11.1. The molecule has 0 amide bonds. The van der Waals surface area contributed by atoms with Gasteiger partial charge >= 0.3 is 0 Å². The van der Waals surface area contributed by atoms with Crippen molar-refractivity contribution in [3.63, 3.8) is 0 Å². The smallest absolute Gasteiger partial charge is 0.0501 e. The molecule has 3 heterocycles. The van der Waals surface area contributed by atoms with E-state index in [1.165, 1.54) is 71.9 Å². The summed E-state index contributed by atoms with van der Waals surface area (Å²) < 4.78 is 0. The van der Waals surface area contributed by atoms with Crippen LogP contribution in [0.25, 0.3) is 0 Å². The van der Waals surface area contributed by atoms with Gasteiger partial charge < -0.3 is 19.6 Å². The van der Waals surface area contributed by atoms with Crippen LogP contribution >= 0.6 is 0 Å². The zero-order valence-corrected chi connectivity index (χ0v) is 17.2. The molecule has 3 fully saturated rings. The number of nitrogens with zero attached hydrogens (tertiary/aromatic N) is 6. The van der Waals surface area contributed by atoms with Gasteiger partial charge in [-0.15, -0.1) is 0 Å². The summed E-state index contributed by atoms with van der Waals surface area (Å²) in [5, 5.41) is 0. The number of hydrogen-bond donors (Lipinski definition) is 0. The topological polar surface area (TPSA) is 19.4 Å². The van der Waals surface area contributed by atoms with Crippen LogP contribution in [-0.2, 0) is 0 Å². The third kappa shape index (κ3) is 10.6. The van der Waals surface area contributed by atoms with E-state index in [0.717, 1.165) is 6.67 Å². The molecule has 0 saturated carbocycles. The van der Waals surface area contributed by atoms with E-state index in [4.69, 9.17) is 0 Å². The fourth-order valence-corrected chi connectivity index (χ4v) is 2.98. The van der Waals surface area contributed by atoms with Crippen LogP contribution in [0.2, 0.25) is 0 Å². The van der Waals surface area contributed by atoms with Crippen LogP contribution in [0.4, 0.5) is 0 Å². The number of hydrogen-bond acceptors (Lipinski definition) is 6. The van der Waals surface area contributed by atoms with E-state index >= 15 is 0 Å². The lowest BCUT2D eigenvalue weighted by Gasteiger charge is -2.28. The van der Waals surface area contributed by atoms with Gasteiger partial charge in [0, 0.05) is 52.4 Å². The summed E-state index contributed by atoms with van der Waals surface area (Å²) in [5.41, 5.74) is 0. The van der Waals surface area contributed by atoms with Crippen molar-refractivity contribution in [1.29, 1.82) is 0 Å². The summed E-state index contributed by atoms with van der Waals surface area (Å²) in [6, 6.07) is 0. The van der Waals surface area contributed by atoms with Gasteiger partial charge in [0.2, 0.25) is 0 Å². The SMILES string of the molecule is CN1CCCN(C)CC1.CN1CCN(C)C1.CN1CCN(C)CC1. The largest absolute Gasteiger partial charge is 0.305 e. The third-order valence-corrected chi connectivity index (χ3v) is 5.02.